The molecule has 0 aliphatic carbocycles. The number of carbonyl (C=O) groups excluding carboxylic acids is 2. The molecule has 0 unspecified atom stereocenters. The van der Waals surface area contributed by atoms with Gasteiger partial charge in [-0.1, -0.05) is 26.7 Å². The number of ether oxygens (including phenoxy) is 4. The van der Waals surface area contributed by atoms with Crippen LogP contribution in [0.4, 0.5) is 0 Å². The van der Waals surface area contributed by atoms with Crippen LogP contribution in [0.15, 0.2) is 89.5 Å². The second-order valence-corrected chi connectivity index (χ2v) is 11.7. The molecule has 0 aliphatic heterocycles. The van der Waals surface area contributed by atoms with E-state index in [0.29, 0.717) is 47.5 Å². The molecule has 0 bridgehead atoms. The van der Waals surface area contributed by atoms with Gasteiger partial charge in [-0.05, 0) is 129 Å². The van der Waals surface area contributed by atoms with Gasteiger partial charge in [0.2, 0.25) is 5.89 Å². The summed E-state index contributed by atoms with van der Waals surface area (Å²) in [5, 5.41) is 0. The van der Waals surface area contributed by atoms with Gasteiger partial charge in [-0.2, -0.15) is 0 Å². The molecule has 5 rings (SSSR count). The lowest BCUT2D eigenvalue weighted by molar-refractivity contribution is 0.0724. The number of unbranched alkanes of at least 4 members (excludes halogenated alkanes) is 2. The van der Waals surface area contributed by atoms with Crippen molar-refractivity contribution in [1.82, 2.24) is 4.98 Å². The van der Waals surface area contributed by atoms with Gasteiger partial charge in [0.15, 0.2) is 5.76 Å². The van der Waals surface area contributed by atoms with Crippen molar-refractivity contribution in [1.29, 1.82) is 0 Å². The number of esters is 2. The lowest BCUT2D eigenvalue weighted by Crippen LogP contribution is -2.10. The minimum absolute atomic E-state index is 0.414. The third-order valence-electron chi connectivity index (χ3n) is 7.81. The van der Waals surface area contributed by atoms with Crippen LogP contribution in [0.25, 0.3) is 22.8 Å². The third kappa shape index (κ3) is 8.50. The summed E-state index contributed by atoms with van der Waals surface area (Å²) in [6, 6.07) is 23.0. The third-order valence-corrected chi connectivity index (χ3v) is 7.81. The van der Waals surface area contributed by atoms with Gasteiger partial charge in [0.05, 0.1) is 30.5 Å². The van der Waals surface area contributed by atoms with Crippen molar-refractivity contribution in [3.63, 3.8) is 0 Å². The van der Waals surface area contributed by atoms with Gasteiger partial charge in [-0.3, -0.25) is 0 Å². The number of hydrogen-bond acceptors (Lipinski definition) is 8. The lowest BCUT2D eigenvalue weighted by atomic mass is 10.1. The zero-order chi connectivity index (χ0) is 34.0. The van der Waals surface area contributed by atoms with Gasteiger partial charge >= 0.3 is 11.9 Å². The Morgan fingerprint density at radius 3 is 1.69 bits per heavy atom. The van der Waals surface area contributed by atoms with Gasteiger partial charge in [0.1, 0.15) is 23.0 Å². The Morgan fingerprint density at radius 1 is 0.625 bits per heavy atom. The zero-order valence-electron chi connectivity index (χ0n) is 28.1. The SMILES string of the molecule is CCCCOc1ccc(C(=O)Oc2ccc(-c3cnc(-c4ccc(OC(=O)c5ccc(OCCCC)c(C)c5)c(C)c4)o3)cc2)cc1C. The van der Waals surface area contributed by atoms with Crippen molar-refractivity contribution in [2.24, 2.45) is 0 Å². The summed E-state index contributed by atoms with van der Waals surface area (Å²) < 4.78 is 29.0. The summed E-state index contributed by atoms with van der Waals surface area (Å²) in [5.74, 6) is 2.50. The Kier molecular flexibility index (Phi) is 11.3. The molecule has 0 fully saturated rings. The molecule has 0 atom stereocenters. The Balaban J connectivity index is 1.19. The first-order valence-electron chi connectivity index (χ1n) is 16.3. The van der Waals surface area contributed by atoms with Crippen LogP contribution in [0.2, 0.25) is 0 Å². The molecule has 5 aromatic rings. The first-order valence-corrected chi connectivity index (χ1v) is 16.3. The molecule has 1 heterocycles. The van der Waals surface area contributed by atoms with Gasteiger partial charge in [0.25, 0.3) is 0 Å². The summed E-state index contributed by atoms with van der Waals surface area (Å²) in [4.78, 5) is 30.1. The Labute approximate surface area is 281 Å². The first-order chi connectivity index (χ1) is 23.2. The number of rotatable bonds is 14. The normalized spacial score (nSPS) is 10.9. The predicted octanol–water partition coefficient (Wildman–Crippen LogP) is 9.73. The van der Waals surface area contributed by atoms with E-state index in [1.54, 1.807) is 60.8 Å². The lowest BCUT2D eigenvalue weighted by Gasteiger charge is -2.11. The van der Waals surface area contributed by atoms with Gasteiger partial charge in [0, 0.05) is 11.1 Å². The topological polar surface area (TPSA) is 97.1 Å². The molecule has 8 nitrogen and oxygen atoms in total. The van der Waals surface area contributed by atoms with Crippen LogP contribution in [0.5, 0.6) is 23.0 Å². The van der Waals surface area contributed by atoms with Crippen LogP contribution in [-0.2, 0) is 0 Å². The predicted molar refractivity (Wildman–Crippen MR) is 185 cm³/mol. The van der Waals surface area contributed by atoms with Crippen LogP contribution in [0.3, 0.4) is 0 Å². The monoisotopic (exact) mass is 647 g/mol. The maximum absolute atomic E-state index is 12.9. The Bertz CT molecular complexity index is 1870. The molecular formula is C40H41NO7. The van der Waals surface area contributed by atoms with E-state index in [1.165, 1.54) is 0 Å². The summed E-state index contributed by atoms with van der Waals surface area (Å²) >= 11 is 0. The van der Waals surface area contributed by atoms with Crippen molar-refractivity contribution in [3.8, 4) is 45.8 Å². The maximum Gasteiger partial charge on any atom is 0.343 e. The van der Waals surface area contributed by atoms with Crippen LogP contribution >= 0.6 is 0 Å². The average molecular weight is 648 g/mol. The molecule has 8 heteroatoms. The highest BCUT2D eigenvalue weighted by atomic mass is 16.5. The van der Waals surface area contributed by atoms with E-state index in [1.807, 2.05) is 45.0 Å². The van der Waals surface area contributed by atoms with Crippen LogP contribution < -0.4 is 18.9 Å². The standard InChI is InChI=1S/C40H41NO7/c1-6-8-20-44-34-17-13-31(23-26(34)3)39(42)46-33-15-10-29(11-16-33)37-25-41-38(47-37)30-12-19-36(28(5)22-30)48-40(43)32-14-18-35(27(4)24-32)45-21-9-7-2/h10-19,22-25H,6-9,20-21H2,1-5H3. The van der Waals surface area contributed by atoms with Crippen LogP contribution in [-0.4, -0.2) is 30.1 Å². The fourth-order valence-corrected chi connectivity index (χ4v) is 4.98. The van der Waals surface area contributed by atoms with Crippen LogP contribution in [0.1, 0.15) is 76.9 Å². The molecule has 0 saturated heterocycles. The second-order valence-electron chi connectivity index (χ2n) is 11.7. The Hall–Kier alpha value is -5.37. The first kappa shape index (κ1) is 34.0. The van der Waals surface area contributed by atoms with Crippen molar-refractivity contribution in [2.75, 3.05) is 13.2 Å². The van der Waals surface area contributed by atoms with Gasteiger partial charge < -0.3 is 23.4 Å². The number of benzene rings is 4. The molecule has 4 aromatic carbocycles. The number of aryl methyl sites for hydroxylation is 3. The number of nitrogens with zero attached hydrogens (tertiary/aromatic N) is 1. The van der Waals surface area contributed by atoms with E-state index < -0.39 is 11.9 Å². The molecule has 0 aliphatic rings. The Morgan fingerprint density at radius 2 is 1.15 bits per heavy atom. The zero-order valence-corrected chi connectivity index (χ0v) is 28.1. The smallest absolute Gasteiger partial charge is 0.343 e. The fraction of sp³-hybridized carbons (Fsp3) is 0.275. The highest BCUT2D eigenvalue weighted by Gasteiger charge is 2.16. The summed E-state index contributed by atoms with van der Waals surface area (Å²) in [5.41, 5.74) is 4.95. The molecule has 0 amide bonds. The number of oxazole rings is 1. The van der Waals surface area contributed by atoms with Crippen LogP contribution in [0, 0.1) is 20.8 Å². The van der Waals surface area contributed by atoms with Gasteiger partial charge in [-0.25, -0.2) is 14.6 Å². The van der Waals surface area contributed by atoms with E-state index in [2.05, 4.69) is 18.8 Å². The minimum atomic E-state index is -0.446. The molecule has 0 spiro atoms. The van der Waals surface area contributed by atoms with Crippen molar-refractivity contribution in [3.05, 3.63) is 113 Å². The highest BCUT2D eigenvalue weighted by Crippen LogP contribution is 2.31. The van der Waals surface area contributed by atoms with E-state index in [4.69, 9.17) is 23.4 Å². The summed E-state index contributed by atoms with van der Waals surface area (Å²) in [6.45, 7) is 11.2. The van der Waals surface area contributed by atoms with E-state index >= 15 is 0 Å². The number of hydrogen-bond donors (Lipinski definition) is 0. The largest absolute Gasteiger partial charge is 0.493 e. The molecular weight excluding hydrogens is 606 g/mol. The minimum Gasteiger partial charge on any atom is -0.493 e. The van der Waals surface area contributed by atoms with Crippen molar-refractivity contribution in [2.45, 2.75) is 60.3 Å². The van der Waals surface area contributed by atoms with E-state index in [9.17, 15) is 9.59 Å². The fourth-order valence-electron chi connectivity index (χ4n) is 4.98. The highest BCUT2D eigenvalue weighted by molar-refractivity contribution is 5.92. The van der Waals surface area contributed by atoms with Crippen molar-refractivity contribution >= 4 is 11.9 Å². The van der Waals surface area contributed by atoms with Gasteiger partial charge in [-0.15, -0.1) is 0 Å². The number of carbonyl (C=O) groups is 2. The number of aromatic nitrogens is 1. The molecule has 248 valence electrons. The quantitative estimate of drug-likeness (QED) is 0.0668. The molecule has 48 heavy (non-hydrogen) atoms. The molecule has 0 radical (unpaired) electrons. The maximum atomic E-state index is 12.9. The van der Waals surface area contributed by atoms with Crippen molar-refractivity contribution < 1.29 is 33.0 Å². The van der Waals surface area contributed by atoms with E-state index in [0.717, 1.165) is 65.0 Å². The average Bonchev–Trinajstić information content (AvgIpc) is 3.58. The summed E-state index contributed by atoms with van der Waals surface area (Å²) in [7, 11) is 0. The molecule has 0 saturated carbocycles. The van der Waals surface area contributed by atoms with E-state index in [-0.39, 0.29) is 0 Å². The summed E-state index contributed by atoms with van der Waals surface area (Å²) in [6.07, 6.45) is 5.71. The molecule has 0 N–H and O–H groups in total. The molecule has 1 aromatic heterocycles. The second kappa shape index (κ2) is 16.0.